The number of aliphatic carboxylic acids is 2. The van der Waals surface area contributed by atoms with E-state index in [4.69, 9.17) is 0 Å². The van der Waals surface area contributed by atoms with Crippen LogP contribution in [0, 0.1) is 0 Å². The van der Waals surface area contributed by atoms with Crippen molar-refractivity contribution >= 4 is 137 Å². The van der Waals surface area contributed by atoms with Gasteiger partial charge in [-0.15, -0.1) is 0 Å². The normalized spacial score (nSPS) is 8.73. The Labute approximate surface area is 370 Å². The van der Waals surface area contributed by atoms with Crippen LogP contribution in [0.5, 0.6) is 0 Å². The van der Waals surface area contributed by atoms with Crippen molar-refractivity contribution in [2.75, 3.05) is 0 Å². The molecule has 0 saturated carbocycles. The van der Waals surface area contributed by atoms with Crippen LogP contribution >= 0.6 is 0 Å². The van der Waals surface area contributed by atoms with Crippen LogP contribution in [0.2, 0.25) is 36.5 Å². The van der Waals surface area contributed by atoms with Crippen molar-refractivity contribution in [1.29, 1.82) is 0 Å². The number of hydrogen-bond donors (Lipinski definition) is 0. The molecule has 0 spiro atoms. The maximum atomic E-state index is 9.41. The fraction of sp³-hybridized carbons (Fsp3) is 0.895. The van der Waals surface area contributed by atoms with Crippen LogP contribution in [0.4, 0.5) is 0 Å². The molecule has 4 nitrogen and oxygen atoms in total. The van der Waals surface area contributed by atoms with Gasteiger partial charge in [-0.3, -0.25) is 0 Å². The number of carbonyl (C=O) groups excluding carboxylic acids is 2. The molecule has 0 aliphatic carbocycles. The molecular formula is C38H81O4S3Sn4+3. The second kappa shape index (κ2) is 75.8. The van der Waals surface area contributed by atoms with E-state index in [-0.39, 0.29) is 125 Å². The Kier molecular flexibility index (Phi) is 108. The summed E-state index contributed by atoms with van der Waals surface area (Å²) in [6.07, 6.45) is 30.3. The fourth-order valence-corrected chi connectivity index (χ4v) is 15.7. The predicted molar refractivity (Wildman–Crippen MR) is 235 cm³/mol. The van der Waals surface area contributed by atoms with Crippen LogP contribution in [0.25, 0.3) is 0 Å². The van der Waals surface area contributed by atoms with Gasteiger partial charge >= 0.3 is 291 Å². The smallest absolute Gasteiger partial charge is 0.813 e. The Morgan fingerprint density at radius 2 is 0.571 bits per heavy atom. The number of carboxylic acids is 2. The van der Waals surface area contributed by atoms with Gasteiger partial charge in [0.25, 0.3) is 0 Å². The summed E-state index contributed by atoms with van der Waals surface area (Å²) in [5.74, 6) is -3.09. The molecule has 288 valence electrons. The summed E-state index contributed by atoms with van der Waals surface area (Å²) in [5.41, 5.74) is 0. The molecule has 0 aliphatic rings. The number of carbonyl (C=O) groups is 2. The molecule has 0 aromatic heterocycles. The van der Waals surface area contributed by atoms with Gasteiger partial charge in [0.15, 0.2) is 0 Å². The Morgan fingerprint density at radius 3 is 0.776 bits per heavy atom. The molecule has 0 fully saturated rings. The van der Waals surface area contributed by atoms with E-state index in [9.17, 15) is 19.8 Å². The molecule has 0 aromatic carbocycles. The van der Waals surface area contributed by atoms with Crippen molar-refractivity contribution in [3.05, 3.63) is 12.2 Å². The summed E-state index contributed by atoms with van der Waals surface area (Å²) in [6, 6.07) is 0. The van der Waals surface area contributed by atoms with Gasteiger partial charge in [-0.05, 0) is 12.2 Å². The summed E-state index contributed by atoms with van der Waals surface area (Å²) in [5, 5.41) is 18.8. The molecule has 0 atom stereocenters. The van der Waals surface area contributed by atoms with E-state index in [1.54, 1.807) is 39.5 Å². The number of thiol groups is 3. The van der Waals surface area contributed by atoms with E-state index in [1.165, 1.54) is 116 Å². The molecule has 0 aliphatic heterocycles. The van der Waals surface area contributed by atoms with Crippen LogP contribution in [0.3, 0.4) is 0 Å². The average Bonchev–Trinajstić information content (AvgIpc) is 3.03. The first kappa shape index (κ1) is 69.8. The summed E-state index contributed by atoms with van der Waals surface area (Å²) >= 11 is 0.603. The van der Waals surface area contributed by atoms with Gasteiger partial charge in [0.1, 0.15) is 0 Å². The second-order valence-corrected chi connectivity index (χ2v) is 27.4. The number of carboxylic acid groups (broad SMARTS) is 2. The summed E-state index contributed by atoms with van der Waals surface area (Å²) in [7, 11) is 0. The SMILES string of the molecule is CCCCCCC[CH2][Sn+2][CH2]CCCCCCC.CCC[CH2][Sn+2][CH2]CCC.CCC[CH2][Sn+2][CH2]CCC.O=C([O-])C=CC(=O)[O-].[CH3][Sn+2][CH3].[SH-].[SH-].[SH-]. The largest absolute Gasteiger partial charge is 0.813 e. The van der Waals surface area contributed by atoms with Gasteiger partial charge in [0.2, 0.25) is 0 Å². The standard InChI is InChI=1S/2C8H17.C4H4O4.4C4H9.2CH3.3H2S.4Sn/c2*1-3-5-7-8-6-4-2;5-3(6)1-2-4(7)8;4*1-3-4-2;;;;;;;;;/h2*1,3-8H2,2H3;1-2H,(H,5,6)(H,7,8);4*1,3-4H2,2H3;2*1H3;3*1H2;;;;/q;;;;;;;;;;;;4*+2/p-5. The van der Waals surface area contributed by atoms with Gasteiger partial charge in [0.05, 0.1) is 11.9 Å². The average molecular weight is 1170 g/mol. The third-order valence-electron chi connectivity index (χ3n) is 6.60. The van der Waals surface area contributed by atoms with E-state index >= 15 is 0 Å². The van der Waals surface area contributed by atoms with E-state index in [1.807, 2.05) is 0 Å². The van der Waals surface area contributed by atoms with Crippen LogP contribution in [-0.2, 0) is 50.1 Å². The Hall–Kier alpha value is 2.92. The van der Waals surface area contributed by atoms with Crippen molar-refractivity contribution in [2.45, 2.75) is 206 Å². The van der Waals surface area contributed by atoms with Crippen molar-refractivity contribution in [3.63, 3.8) is 0 Å². The molecule has 0 heterocycles. The molecule has 0 amide bonds. The van der Waals surface area contributed by atoms with Crippen LogP contribution in [0.15, 0.2) is 12.2 Å². The minimum atomic E-state index is -1.55. The monoisotopic (exact) mass is 1180 g/mol. The number of hydrogen-bond acceptors (Lipinski definition) is 7. The first-order valence-corrected chi connectivity index (χ1v) is 36.9. The van der Waals surface area contributed by atoms with Gasteiger partial charge in [-0.25, -0.2) is 0 Å². The molecule has 0 N–H and O–H groups in total. The van der Waals surface area contributed by atoms with E-state index in [0.717, 1.165) is 0 Å². The first-order valence-electron chi connectivity index (χ1n) is 19.1. The summed E-state index contributed by atoms with van der Waals surface area (Å²) in [4.78, 5) is 23.4. The van der Waals surface area contributed by atoms with Gasteiger partial charge in [0, 0.05) is 0 Å². The topological polar surface area (TPSA) is 80.3 Å². The first-order chi connectivity index (χ1) is 22.3. The van der Waals surface area contributed by atoms with Gasteiger partial charge in [-0.1, -0.05) is 0 Å². The second-order valence-electron chi connectivity index (χ2n) is 11.7. The maximum absolute atomic E-state index is 9.41. The van der Waals surface area contributed by atoms with Gasteiger partial charge < -0.3 is 60.3 Å². The molecule has 0 bridgehead atoms. The number of rotatable bonds is 28. The van der Waals surface area contributed by atoms with Crippen molar-refractivity contribution in [3.8, 4) is 0 Å². The number of unbranched alkanes of at least 4 members (excludes halogenated alkanes) is 14. The Morgan fingerprint density at radius 1 is 0.388 bits per heavy atom. The van der Waals surface area contributed by atoms with E-state index < -0.39 is 11.9 Å². The van der Waals surface area contributed by atoms with Crippen molar-refractivity contribution in [2.24, 2.45) is 0 Å². The molecule has 11 heteroatoms. The summed E-state index contributed by atoms with van der Waals surface area (Å²) < 4.78 is 9.81. The Balaban J connectivity index is -0.0000000761. The quantitative estimate of drug-likeness (QED) is 0.0254. The molecule has 0 saturated heterocycles. The van der Waals surface area contributed by atoms with Crippen LogP contribution in [-0.4, -0.2) is 96.5 Å². The third-order valence-corrected chi connectivity index (χ3v) is 18.7. The molecule has 49 heavy (non-hydrogen) atoms. The minimum Gasteiger partial charge on any atom is -0.813 e. The Bertz CT molecular complexity index is 509. The third kappa shape index (κ3) is 106. The van der Waals surface area contributed by atoms with Crippen LogP contribution in [0.1, 0.15) is 170 Å². The molecule has 0 aromatic rings. The van der Waals surface area contributed by atoms with Crippen molar-refractivity contribution in [1.82, 2.24) is 0 Å². The fourth-order valence-electron chi connectivity index (χ4n) is 3.78. The predicted octanol–water partition coefficient (Wildman–Crippen LogP) is 9.52. The zero-order chi connectivity index (χ0) is 35.8. The zero-order valence-electron chi connectivity index (χ0n) is 33.5. The summed E-state index contributed by atoms with van der Waals surface area (Å²) in [6.45, 7) is 13.8. The molecule has 0 unspecified atom stereocenters. The maximum Gasteiger partial charge on any atom is -0.813 e. The van der Waals surface area contributed by atoms with Crippen LogP contribution < -0.4 is 10.2 Å². The van der Waals surface area contributed by atoms with Crippen molar-refractivity contribution < 1.29 is 19.8 Å². The van der Waals surface area contributed by atoms with E-state index in [2.05, 4.69) is 51.4 Å². The molecular weight excluding hydrogens is 1090 g/mol. The van der Waals surface area contributed by atoms with E-state index in [0.29, 0.717) is 12.2 Å². The molecule has 0 radical (unpaired) electrons. The zero-order valence-corrected chi connectivity index (χ0v) is 47.6. The molecule has 0 rings (SSSR count). The minimum absolute atomic E-state index is 0. The van der Waals surface area contributed by atoms with Gasteiger partial charge in [-0.2, -0.15) is 0 Å².